The highest BCUT2D eigenvalue weighted by molar-refractivity contribution is 6.11. The first-order chi connectivity index (χ1) is 13.7. The molecule has 2 aromatic rings. The van der Waals surface area contributed by atoms with Gasteiger partial charge in [-0.25, -0.2) is 0 Å². The molecule has 142 valence electrons. The van der Waals surface area contributed by atoms with Gasteiger partial charge in [0.1, 0.15) is 5.54 Å². The number of hydrogen-bond acceptors (Lipinski definition) is 4. The first-order valence-corrected chi connectivity index (χ1v) is 9.80. The van der Waals surface area contributed by atoms with Crippen molar-refractivity contribution in [1.29, 1.82) is 0 Å². The van der Waals surface area contributed by atoms with E-state index in [0.717, 1.165) is 35.5 Å². The van der Waals surface area contributed by atoms with Gasteiger partial charge in [-0.15, -0.1) is 0 Å². The third-order valence-electron chi connectivity index (χ3n) is 6.27. The van der Waals surface area contributed by atoms with E-state index >= 15 is 0 Å². The Kier molecular flexibility index (Phi) is 4.05. The fraction of sp³-hybridized carbons (Fsp3) is 0.304. The summed E-state index contributed by atoms with van der Waals surface area (Å²) in [4.78, 5) is 19.6. The van der Waals surface area contributed by atoms with Crippen LogP contribution in [0.5, 0.6) is 0 Å². The molecule has 1 saturated heterocycles. The highest BCUT2D eigenvalue weighted by Gasteiger charge is 2.55. The number of aliphatic hydroxyl groups excluding tert-OH is 1. The number of para-hydroxylation sites is 1. The van der Waals surface area contributed by atoms with Crippen LogP contribution in [0.1, 0.15) is 17.5 Å². The molecule has 1 spiro atoms. The van der Waals surface area contributed by atoms with Gasteiger partial charge in [-0.1, -0.05) is 36.4 Å². The Morgan fingerprint density at radius 3 is 2.75 bits per heavy atom. The van der Waals surface area contributed by atoms with Crippen molar-refractivity contribution in [2.24, 2.45) is 10.9 Å². The number of rotatable bonds is 3. The van der Waals surface area contributed by atoms with Crippen LogP contribution in [-0.4, -0.2) is 42.5 Å². The lowest BCUT2D eigenvalue weighted by atomic mass is 9.78. The van der Waals surface area contributed by atoms with E-state index in [9.17, 15) is 9.90 Å². The SMILES string of the molecule is O=C1N(c2ccc(C3=CCN=C3)cc2)CC(CO)C12CCc1ccccc1N2. The monoisotopic (exact) mass is 373 g/mol. The molecular weight excluding hydrogens is 350 g/mol. The molecule has 0 aliphatic carbocycles. The van der Waals surface area contributed by atoms with Gasteiger partial charge in [-0.3, -0.25) is 9.79 Å². The zero-order chi connectivity index (χ0) is 19.1. The number of aliphatic imine (C=N–C) groups is 1. The third-order valence-corrected chi connectivity index (χ3v) is 6.27. The van der Waals surface area contributed by atoms with Gasteiger partial charge in [0.05, 0.1) is 13.2 Å². The Morgan fingerprint density at radius 1 is 1.18 bits per heavy atom. The van der Waals surface area contributed by atoms with Gasteiger partial charge in [0, 0.05) is 30.1 Å². The fourth-order valence-corrected chi connectivity index (χ4v) is 4.65. The molecule has 1 fully saturated rings. The molecular formula is C23H23N3O2. The maximum Gasteiger partial charge on any atom is 0.253 e. The van der Waals surface area contributed by atoms with Gasteiger partial charge < -0.3 is 15.3 Å². The second-order valence-electron chi connectivity index (χ2n) is 7.75. The molecule has 3 aliphatic rings. The van der Waals surface area contributed by atoms with E-state index in [2.05, 4.69) is 22.5 Å². The van der Waals surface area contributed by atoms with Crippen LogP contribution in [0.3, 0.4) is 0 Å². The molecule has 2 unspecified atom stereocenters. The molecule has 0 radical (unpaired) electrons. The van der Waals surface area contributed by atoms with Crippen LogP contribution in [-0.2, 0) is 11.2 Å². The van der Waals surface area contributed by atoms with Crippen molar-refractivity contribution in [2.75, 3.05) is 29.9 Å². The van der Waals surface area contributed by atoms with Crippen molar-refractivity contribution >= 4 is 29.1 Å². The number of fused-ring (bicyclic) bond motifs is 1. The molecule has 5 nitrogen and oxygen atoms in total. The predicted molar refractivity (Wildman–Crippen MR) is 112 cm³/mol. The van der Waals surface area contributed by atoms with E-state index in [1.165, 1.54) is 5.56 Å². The van der Waals surface area contributed by atoms with Gasteiger partial charge in [0.25, 0.3) is 5.91 Å². The number of nitrogens with one attached hydrogen (secondary N) is 1. The number of hydrogen-bond donors (Lipinski definition) is 2. The van der Waals surface area contributed by atoms with Crippen molar-refractivity contribution in [3.8, 4) is 0 Å². The Hall–Kier alpha value is -2.92. The summed E-state index contributed by atoms with van der Waals surface area (Å²) in [5.74, 6) is -0.0897. The first kappa shape index (κ1) is 17.2. The van der Waals surface area contributed by atoms with Crippen molar-refractivity contribution in [3.05, 3.63) is 65.7 Å². The second-order valence-corrected chi connectivity index (χ2v) is 7.75. The quantitative estimate of drug-likeness (QED) is 0.870. The first-order valence-electron chi connectivity index (χ1n) is 9.80. The molecule has 28 heavy (non-hydrogen) atoms. The Bertz CT molecular complexity index is 980. The topological polar surface area (TPSA) is 64.9 Å². The minimum atomic E-state index is -0.734. The molecule has 2 aromatic carbocycles. The molecule has 0 bridgehead atoms. The van der Waals surface area contributed by atoms with Gasteiger partial charge in [-0.05, 0) is 47.7 Å². The van der Waals surface area contributed by atoms with Gasteiger partial charge in [0.15, 0.2) is 0 Å². The average Bonchev–Trinajstić information content (AvgIpc) is 3.36. The minimum absolute atomic E-state index is 0.0150. The lowest BCUT2D eigenvalue weighted by Gasteiger charge is -2.38. The second kappa shape index (κ2) is 6.60. The summed E-state index contributed by atoms with van der Waals surface area (Å²) in [6.45, 7) is 1.24. The Labute approximate surface area is 164 Å². The maximum absolute atomic E-state index is 13.5. The van der Waals surface area contributed by atoms with Gasteiger partial charge >= 0.3 is 0 Å². The molecule has 3 aliphatic heterocycles. The van der Waals surface area contributed by atoms with E-state index in [1.54, 1.807) is 0 Å². The van der Waals surface area contributed by atoms with E-state index < -0.39 is 5.54 Å². The Balaban J connectivity index is 1.45. The third kappa shape index (κ3) is 2.58. The zero-order valence-electron chi connectivity index (χ0n) is 15.6. The summed E-state index contributed by atoms with van der Waals surface area (Å²) in [6, 6.07) is 16.2. The van der Waals surface area contributed by atoms with Crippen LogP contribution in [0, 0.1) is 5.92 Å². The van der Waals surface area contributed by atoms with E-state index in [0.29, 0.717) is 13.0 Å². The number of amides is 1. The summed E-state index contributed by atoms with van der Waals surface area (Å²) < 4.78 is 0. The summed E-state index contributed by atoms with van der Waals surface area (Å²) in [6.07, 6.45) is 5.52. The van der Waals surface area contributed by atoms with E-state index in [-0.39, 0.29) is 18.4 Å². The molecule has 0 aromatic heterocycles. The Morgan fingerprint density at radius 2 is 2.00 bits per heavy atom. The number of carbonyl (C=O) groups excluding carboxylic acids is 1. The summed E-state index contributed by atoms with van der Waals surface area (Å²) >= 11 is 0. The number of aliphatic hydroxyl groups is 1. The van der Waals surface area contributed by atoms with Crippen LogP contribution in [0.2, 0.25) is 0 Å². The number of benzene rings is 2. The van der Waals surface area contributed by atoms with Gasteiger partial charge in [0.2, 0.25) is 0 Å². The summed E-state index contributed by atoms with van der Waals surface area (Å²) in [5, 5.41) is 13.6. The van der Waals surface area contributed by atoms with Crippen molar-refractivity contribution in [2.45, 2.75) is 18.4 Å². The molecule has 5 rings (SSSR count). The number of nitrogens with zero attached hydrogens (tertiary/aromatic N) is 2. The average molecular weight is 373 g/mol. The predicted octanol–water partition coefficient (Wildman–Crippen LogP) is 2.91. The molecule has 2 N–H and O–H groups in total. The van der Waals surface area contributed by atoms with Crippen LogP contribution < -0.4 is 10.2 Å². The van der Waals surface area contributed by atoms with Crippen LogP contribution >= 0.6 is 0 Å². The standard InChI is InChI=1S/C23H23N3O2/c27-15-19-14-26(20-7-5-16(6-8-20)18-10-12-24-13-18)22(28)23(19)11-9-17-3-1-2-4-21(17)25-23/h1-8,10,13,19,25,27H,9,11-12,14-15H2. The smallest absolute Gasteiger partial charge is 0.253 e. The largest absolute Gasteiger partial charge is 0.396 e. The minimum Gasteiger partial charge on any atom is -0.396 e. The highest BCUT2D eigenvalue weighted by Crippen LogP contribution is 2.42. The lowest BCUT2D eigenvalue weighted by molar-refractivity contribution is -0.122. The van der Waals surface area contributed by atoms with Crippen LogP contribution in [0.15, 0.2) is 59.6 Å². The molecule has 3 heterocycles. The lowest BCUT2D eigenvalue weighted by Crippen LogP contribution is -2.53. The van der Waals surface area contributed by atoms with Gasteiger partial charge in [-0.2, -0.15) is 0 Å². The molecule has 2 atom stereocenters. The summed E-state index contributed by atoms with van der Waals surface area (Å²) in [5.41, 5.74) is 4.60. The highest BCUT2D eigenvalue weighted by atomic mass is 16.3. The summed E-state index contributed by atoms with van der Waals surface area (Å²) in [7, 11) is 0. The zero-order valence-corrected chi connectivity index (χ0v) is 15.6. The van der Waals surface area contributed by atoms with E-state index in [4.69, 9.17) is 0 Å². The van der Waals surface area contributed by atoms with Crippen molar-refractivity contribution < 1.29 is 9.90 Å². The van der Waals surface area contributed by atoms with E-state index in [1.807, 2.05) is 53.6 Å². The van der Waals surface area contributed by atoms with Crippen molar-refractivity contribution in [1.82, 2.24) is 0 Å². The normalized spacial score (nSPS) is 25.8. The molecule has 5 heteroatoms. The fourth-order valence-electron chi connectivity index (χ4n) is 4.65. The maximum atomic E-state index is 13.5. The van der Waals surface area contributed by atoms with Crippen LogP contribution in [0.4, 0.5) is 11.4 Å². The van der Waals surface area contributed by atoms with Crippen molar-refractivity contribution in [3.63, 3.8) is 0 Å². The number of allylic oxidation sites excluding steroid dienone is 1. The molecule has 1 amide bonds. The number of carbonyl (C=O) groups is 1. The van der Waals surface area contributed by atoms with Crippen LogP contribution in [0.25, 0.3) is 5.57 Å². The number of anilines is 2. The number of aryl methyl sites for hydroxylation is 1. The molecule has 0 saturated carbocycles.